The van der Waals surface area contributed by atoms with Gasteiger partial charge in [0, 0.05) is 43.2 Å². The Morgan fingerprint density at radius 3 is 2.80 bits per heavy atom. The van der Waals surface area contributed by atoms with Crippen LogP contribution in [0.2, 0.25) is 0 Å². The van der Waals surface area contributed by atoms with Gasteiger partial charge in [0.05, 0.1) is 24.1 Å². The molecule has 0 bridgehead atoms. The van der Waals surface area contributed by atoms with Crippen LogP contribution in [0.4, 0.5) is 10.1 Å². The summed E-state index contributed by atoms with van der Waals surface area (Å²) in [5.41, 5.74) is 2.03. The predicted octanol–water partition coefficient (Wildman–Crippen LogP) is 4.24. The summed E-state index contributed by atoms with van der Waals surface area (Å²) in [6.45, 7) is 1.73. The van der Waals surface area contributed by atoms with Crippen LogP contribution in [0, 0.1) is 15.9 Å². The highest BCUT2D eigenvalue weighted by Crippen LogP contribution is 2.38. The first-order valence-electron chi connectivity index (χ1n) is 9.66. The number of nitrogens with zero attached hydrogens (tertiary/aromatic N) is 3. The molecule has 0 saturated heterocycles. The minimum absolute atomic E-state index is 0.0553. The van der Waals surface area contributed by atoms with Gasteiger partial charge >= 0.3 is 0 Å². The van der Waals surface area contributed by atoms with Crippen LogP contribution in [0.15, 0.2) is 54.7 Å². The van der Waals surface area contributed by atoms with Crippen molar-refractivity contribution >= 4 is 5.69 Å². The Morgan fingerprint density at radius 2 is 2.07 bits per heavy atom. The second-order valence-corrected chi connectivity index (χ2v) is 7.32. The van der Waals surface area contributed by atoms with E-state index in [-0.39, 0.29) is 35.6 Å². The standard InChI is InChI=1S/C22H22FN3O4/c1-30-20-13-18(26(28)29)12-16(22(20)27)14-25-10-4-9-24-8-3-7-19(24)21(25)15-5-2-6-17(23)11-15/h2-3,5-8,11-13,21,27H,4,9-10,14H2,1H3. The molecule has 1 aliphatic rings. The summed E-state index contributed by atoms with van der Waals surface area (Å²) in [5, 5.41) is 22.0. The number of benzene rings is 2. The summed E-state index contributed by atoms with van der Waals surface area (Å²) in [7, 11) is 1.36. The lowest BCUT2D eigenvalue weighted by Gasteiger charge is -2.31. The Labute approximate surface area is 173 Å². The minimum atomic E-state index is -0.511. The molecule has 0 radical (unpaired) electrons. The zero-order chi connectivity index (χ0) is 21.3. The van der Waals surface area contributed by atoms with Crippen molar-refractivity contribution < 1.29 is 19.2 Å². The van der Waals surface area contributed by atoms with Crippen molar-refractivity contribution in [1.29, 1.82) is 0 Å². The van der Waals surface area contributed by atoms with E-state index in [4.69, 9.17) is 4.74 Å². The van der Waals surface area contributed by atoms with Crippen molar-refractivity contribution in [3.63, 3.8) is 0 Å². The van der Waals surface area contributed by atoms with Gasteiger partial charge in [-0.15, -0.1) is 0 Å². The smallest absolute Gasteiger partial charge is 0.273 e. The predicted molar refractivity (Wildman–Crippen MR) is 109 cm³/mol. The molecule has 0 spiro atoms. The maximum absolute atomic E-state index is 14.0. The van der Waals surface area contributed by atoms with Crippen LogP contribution in [0.3, 0.4) is 0 Å². The normalized spacial score (nSPS) is 16.7. The molecule has 30 heavy (non-hydrogen) atoms. The maximum atomic E-state index is 14.0. The Kier molecular flexibility index (Phi) is 5.41. The van der Waals surface area contributed by atoms with Crippen molar-refractivity contribution in [2.24, 2.45) is 0 Å². The van der Waals surface area contributed by atoms with Gasteiger partial charge in [-0.05, 0) is 36.2 Å². The largest absolute Gasteiger partial charge is 0.504 e. The first-order valence-corrected chi connectivity index (χ1v) is 9.66. The van der Waals surface area contributed by atoms with Crippen LogP contribution in [0.5, 0.6) is 11.5 Å². The number of nitro benzene ring substituents is 1. The lowest BCUT2D eigenvalue weighted by molar-refractivity contribution is -0.385. The Bertz CT molecular complexity index is 1080. The number of hydrogen-bond acceptors (Lipinski definition) is 5. The fraction of sp³-hybridized carbons (Fsp3) is 0.273. The lowest BCUT2D eigenvalue weighted by Crippen LogP contribution is -2.29. The summed E-state index contributed by atoms with van der Waals surface area (Å²) >= 11 is 0. The van der Waals surface area contributed by atoms with Crippen molar-refractivity contribution in [2.75, 3.05) is 13.7 Å². The molecule has 4 rings (SSSR count). The molecular weight excluding hydrogens is 389 g/mol. The average Bonchev–Trinajstić information content (AvgIpc) is 3.10. The van der Waals surface area contributed by atoms with E-state index in [1.54, 1.807) is 6.07 Å². The maximum Gasteiger partial charge on any atom is 0.273 e. The molecule has 1 N–H and O–H groups in total. The number of aromatic hydroxyl groups is 1. The fourth-order valence-electron chi connectivity index (χ4n) is 4.12. The number of fused-ring (bicyclic) bond motifs is 1. The van der Waals surface area contributed by atoms with Gasteiger partial charge in [-0.25, -0.2) is 4.39 Å². The monoisotopic (exact) mass is 411 g/mol. The zero-order valence-corrected chi connectivity index (χ0v) is 16.5. The molecular formula is C22H22FN3O4. The molecule has 2 heterocycles. The van der Waals surface area contributed by atoms with Crippen LogP contribution in [0.1, 0.15) is 29.3 Å². The minimum Gasteiger partial charge on any atom is -0.504 e. The van der Waals surface area contributed by atoms with Crippen molar-refractivity contribution in [3.05, 3.63) is 87.5 Å². The topological polar surface area (TPSA) is 80.8 Å². The van der Waals surface area contributed by atoms with E-state index in [0.717, 1.165) is 24.2 Å². The first-order chi connectivity index (χ1) is 14.5. The third-order valence-corrected chi connectivity index (χ3v) is 5.46. The SMILES string of the molecule is COc1cc([N+](=O)[O-])cc(CN2CCCn3cccc3C2c2cccc(F)c2)c1O. The molecule has 1 atom stereocenters. The van der Waals surface area contributed by atoms with Crippen molar-refractivity contribution in [2.45, 2.75) is 25.6 Å². The number of methoxy groups -OCH3 is 1. The molecule has 1 aliphatic heterocycles. The molecule has 0 saturated carbocycles. The van der Waals surface area contributed by atoms with E-state index in [1.807, 2.05) is 24.4 Å². The number of aromatic nitrogens is 1. The van der Waals surface area contributed by atoms with Gasteiger partial charge in [0.2, 0.25) is 0 Å². The lowest BCUT2D eigenvalue weighted by atomic mass is 10.0. The van der Waals surface area contributed by atoms with E-state index in [9.17, 15) is 19.6 Å². The van der Waals surface area contributed by atoms with E-state index < -0.39 is 4.92 Å². The second-order valence-electron chi connectivity index (χ2n) is 7.32. The third-order valence-electron chi connectivity index (χ3n) is 5.46. The molecule has 2 aromatic carbocycles. The summed E-state index contributed by atoms with van der Waals surface area (Å²) in [4.78, 5) is 12.9. The first kappa shape index (κ1) is 19.9. The molecule has 7 nitrogen and oxygen atoms in total. The summed E-state index contributed by atoms with van der Waals surface area (Å²) in [6.07, 6.45) is 2.85. The number of non-ortho nitro benzene ring substituents is 1. The Balaban J connectivity index is 1.79. The number of hydrogen-bond donors (Lipinski definition) is 1. The van der Waals surface area contributed by atoms with Crippen LogP contribution < -0.4 is 4.74 Å². The number of aryl methyl sites for hydroxylation is 1. The third kappa shape index (κ3) is 3.73. The quantitative estimate of drug-likeness (QED) is 0.502. The van der Waals surface area contributed by atoms with Crippen LogP contribution in [0.25, 0.3) is 0 Å². The van der Waals surface area contributed by atoms with Crippen LogP contribution in [-0.4, -0.2) is 33.2 Å². The highest BCUT2D eigenvalue weighted by atomic mass is 19.1. The number of rotatable bonds is 5. The Morgan fingerprint density at radius 1 is 1.23 bits per heavy atom. The van der Waals surface area contributed by atoms with Gasteiger partial charge in [0.25, 0.3) is 5.69 Å². The zero-order valence-electron chi connectivity index (χ0n) is 16.5. The van der Waals surface area contributed by atoms with Gasteiger partial charge < -0.3 is 14.4 Å². The number of halogens is 1. The summed E-state index contributed by atoms with van der Waals surface area (Å²) in [6, 6.07) is 12.7. The van der Waals surface area contributed by atoms with Crippen LogP contribution in [-0.2, 0) is 13.1 Å². The van der Waals surface area contributed by atoms with Gasteiger partial charge in [0.15, 0.2) is 11.5 Å². The van der Waals surface area contributed by atoms with E-state index >= 15 is 0 Å². The molecule has 0 amide bonds. The summed E-state index contributed by atoms with van der Waals surface area (Å²) < 4.78 is 21.3. The number of phenols is 1. The molecule has 0 aliphatic carbocycles. The number of ether oxygens (including phenoxy) is 1. The molecule has 1 aromatic heterocycles. The van der Waals surface area contributed by atoms with E-state index in [1.165, 1.54) is 31.4 Å². The Hall–Kier alpha value is -3.39. The molecule has 3 aromatic rings. The number of phenolic OH excluding ortho intramolecular Hbond substituents is 1. The highest BCUT2D eigenvalue weighted by Gasteiger charge is 2.29. The van der Waals surface area contributed by atoms with Gasteiger partial charge in [-0.2, -0.15) is 0 Å². The van der Waals surface area contributed by atoms with Gasteiger partial charge in [-0.3, -0.25) is 15.0 Å². The summed E-state index contributed by atoms with van der Waals surface area (Å²) in [5.74, 6) is -0.393. The van der Waals surface area contributed by atoms with Crippen molar-refractivity contribution in [1.82, 2.24) is 9.47 Å². The van der Waals surface area contributed by atoms with Crippen LogP contribution >= 0.6 is 0 Å². The molecule has 156 valence electrons. The van der Waals surface area contributed by atoms with Gasteiger partial charge in [0.1, 0.15) is 5.82 Å². The molecule has 1 unspecified atom stereocenters. The van der Waals surface area contributed by atoms with Gasteiger partial charge in [-0.1, -0.05) is 12.1 Å². The van der Waals surface area contributed by atoms with Crippen molar-refractivity contribution in [3.8, 4) is 11.5 Å². The highest BCUT2D eigenvalue weighted by molar-refractivity contribution is 5.53. The average molecular weight is 411 g/mol. The number of nitro groups is 1. The van der Waals surface area contributed by atoms with E-state index in [0.29, 0.717) is 12.1 Å². The molecule has 0 fully saturated rings. The molecule has 8 heteroatoms. The van der Waals surface area contributed by atoms with E-state index in [2.05, 4.69) is 9.47 Å². The second kappa shape index (κ2) is 8.16. The fourth-order valence-corrected chi connectivity index (χ4v) is 4.12.